The Bertz CT molecular complexity index is 196. The third kappa shape index (κ3) is 4.94. The Balaban J connectivity index is 1.48. The molecule has 3 heteroatoms. The maximum absolute atomic E-state index is 5.96. The maximum atomic E-state index is 5.96. The molecule has 1 saturated heterocycles. The Morgan fingerprint density at radius 3 is 2.41 bits per heavy atom. The zero-order chi connectivity index (χ0) is 11.9. The van der Waals surface area contributed by atoms with Gasteiger partial charge in [0.1, 0.15) is 0 Å². The van der Waals surface area contributed by atoms with E-state index in [0.717, 1.165) is 6.61 Å². The molecule has 0 aromatic rings. The average molecular weight is 240 g/mol. The molecule has 0 aromatic heterocycles. The minimum atomic E-state index is 0.580. The first-order chi connectivity index (χ1) is 8.34. The minimum absolute atomic E-state index is 0.580. The summed E-state index contributed by atoms with van der Waals surface area (Å²) >= 11 is 0. The molecule has 1 aliphatic heterocycles. The van der Waals surface area contributed by atoms with E-state index in [4.69, 9.17) is 4.74 Å². The van der Waals surface area contributed by atoms with Crippen molar-refractivity contribution >= 4 is 0 Å². The number of likely N-dealkylation sites (N-methyl/N-ethyl adjacent to an activating group) is 1. The van der Waals surface area contributed by atoms with Crippen LogP contribution in [0.1, 0.15) is 38.5 Å². The van der Waals surface area contributed by atoms with Crippen molar-refractivity contribution in [1.29, 1.82) is 0 Å². The van der Waals surface area contributed by atoms with Gasteiger partial charge in [-0.15, -0.1) is 0 Å². The largest absolute Gasteiger partial charge is 0.378 e. The molecular weight excluding hydrogens is 212 g/mol. The van der Waals surface area contributed by atoms with Crippen molar-refractivity contribution in [2.45, 2.75) is 44.6 Å². The molecule has 2 rings (SSSR count). The number of ether oxygens (including phenoxy) is 1. The molecule has 0 atom stereocenters. The van der Waals surface area contributed by atoms with Crippen LogP contribution in [0.2, 0.25) is 0 Å². The van der Waals surface area contributed by atoms with Crippen molar-refractivity contribution in [3.05, 3.63) is 0 Å². The van der Waals surface area contributed by atoms with Gasteiger partial charge in [-0.1, -0.05) is 19.3 Å². The number of piperazine rings is 1. The van der Waals surface area contributed by atoms with Crippen molar-refractivity contribution in [2.24, 2.45) is 0 Å². The molecule has 0 spiro atoms. The molecule has 2 aliphatic rings. The Morgan fingerprint density at radius 1 is 1.00 bits per heavy atom. The van der Waals surface area contributed by atoms with Crippen LogP contribution in [0.5, 0.6) is 0 Å². The molecule has 0 unspecified atom stereocenters. The predicted molar refractivity (Wildman–Crippen MR) is 71.4 cm³/mol. The summed E-state index contributed by atoms with van der Waals surface area (Å²) < 4.78 is 5.96. The van der Waals surface area contributed by atoms with E-state index in [2.05, 4.69) is 16.8 Å². The van der Waals surface area contributed by atoms with E-state index in [9.17, 15) is 0 Å². The van der Waals surface area contributed by atoms with Gasteiger partial charge in [-0.3, -0.25) is 0 Å². The standard InChI is InChI=1S/C14H28N2O/c1-15-9-11-16(12-10-15)8-5-13-17-14-6-3-2-4-7-14/h14H,2-13H2,1H3. The van der Waals surface area contributed by atoms with E-state index in [1.54, 1.807) is 0 Å². The van der Waals surface area contributed by atoms with Crippen LogP contribution < -0.4 is 0 Å². The quantitative estimate of drug-likeness (QED) is 0.683. The van der Waals surface area contributed by atoms with E-state index in [1.807, 2.05) is 0 Å². The fourth-order valence-electron chi connectivity index (χ4n) is 2.84. The van der Waals surface area contributed by atoms with Gasteiger partial charge < -0.3 is 14.5 Å². The van der Waals surface area contributed by atoms with Gasteiger partial charge in [0.2, 0.25) is 0 Å². The van der Waals surface area contributed by atoms with Crippen molar-refractivity contribution < 1.29 is 4.74 Å². The summed E-state index contributed by atoms with van der Waals surface area (Å²) in [5, 5.41) is 0. The van der Waals surface area contributed by atoms with E-state index < -0.39 is 0 Å². The fraction of sp³-hybridized carbons (Fsp3) is 1.00. The molecule has 0 radical (unpaired) electrons. The summed E-state index contributed by atoms with van der Waals surface area (Å²) in [5.74, 6) is 0. The van der Waals surface area contributed by atoms with Gasteiger partial charge in [-0.25, -0.2) is 0 Å². The number of hydrogen-bond acceptors (Lipinski definition) is 3. The van der Waals surface area contributed by atoms with Gasteiger partial charge in [0, 0.05) is 39.3 Å². The van der Waals surface area contributed by atoms with Crippen LogP contribution in [0.3, 0.4) is 0 Å². The highest BCUT2D eigenvalue weighted by atomic mass is 16.5. The van der Waals surface area contributed by atoms with Gasteiger partial charge in [0.15, 0.2) is 0 Å². The van der Waals surface area contributed by atoms with E-state index in [1.165, 1.54) is 71.2 Å². The smallest absolute Gasteiger partial charge is 0.0575 e. The average Bonchev–Trinajstić information content (AvgIpc) is 2.38. The van der Waals surface area contributed by atoms with Gasteiger partial charge in [0.05, 0.1) is 6.10 Å². The summed E-state index contributed by atoms with van der Waals surface area (Å²) in [6.07, 6.45) is 8.56. The normalized spacial score (nSPS) is 25.2. The summed E-state index contributed by atoms with van der Waals surface area (Å²) in [4.78, 5) is 4.99. The first-order valence-corrected chi connectivity index (χ1v) is 7.37. The molecular formula is C14H28N2O. The van der Waals surface area contributed by atoms with Gasteiger partial charge >= 0.3 is 0 Å². The van der Waals surface area contributed by atoms with E-state index in [-0.39, 0.29) is 0 Å². The second-order valence-corrected chi connectivity index (χ2v) is 5.63. The topological polar surface area (TPSA) is 15.7 Å². The van der Waals surface area contributed by atoms with Crippen LogP contribution >= 0.6 is 0 Å². The molecule has 17 heavy (non-hydrogen) atoms. The lowest BCUT2D eigenvalue weighted by molar-refractivity contribution is 0.0216. The van der Waals surface area contributed by atoms with Gasteiger partial charge in [0.25, 0.3) is 0 Å². The maximum Gasteiger partial charge on any atom is 0.0575 e. The first kappa shape index (κ1) is 13.3. The van der Waals surface area contributed by atoms with Crippen molar-refractivity contribution in [2.75, 3.05) is 46.4 Å². The summed E-state index contributed by atoms with van der Waals surface area (Å²) in [7, 11) is 2.21. The van der Waals surface area contributed by atoms with Crippen molar-refractivity contribution in [1.82, 2.24) is 9.80 Å². The highest BCUT2D eigenvalue weighted by Gasteiger charge is 2.15. The fourth-order valence-corrected chi connectivity index (χ4v) is 2.84. The molecule has 2 fully saturated rings. The lowest BCUT2D eigenvalue weighted by Gasteiger charge is -2.32. The Morgan fingerprint density at radius 2 is 1.71 bits per heavy atom. The third-order valence-electron chi connectivity index (χ3n) is 4.12. The Hall–Kier alpha value is -0.120. The van der Waals surface area contributed by atoms with Crippen LogP contribution in [0.4, 0.5) is 0 Å². The highest BCUT2D eigenvalue weighted by molar-refractivity contribution is 4.69. The second kappa shape index (κ2) is 7.34. The van der Waals surface area contributed by atoms with Crippen LogP contribution in [0, 0.1) is 0 Å². The molecule has 0 bridgehead atoms. The summed E-state index contributed by atoms with van der Waals surface area (Å²) in [5.41, 5.74) is 0. The third-order valence-corrected chi connectivity index (χ3v) is 4.12. The lowest BCUT2D eigenvalue weighted by atomic mass is 9.98. The SMILES string of the molecule is CN1CCN(CCCOC2CCCCC2)CC1. The zero-order valence-electron chi connectivity index (χ0n) is 11.4. The summed E-state index contributed by atoms with van der Waals surface area (Å²) in [6.45, 7) is 7.12. The lowest BCUT2D eigenvalue weighted by Crippen LogP contribution is -2.44. The predicted octanol–water partition coefficient (Wildman–Crippen LogP) is 1.97. The van der Waals surface area contributed by atoms with Gasteiger partial charge in [-0.05, 0) is 26.3 Å². The van der Waals surface area contributed by atoms with Crippen molar-refractivity contribution in [3.63, 3.8) is 0 Å². The van der Waals surface area contributed by atoms with Crippen LogP contribution in [0.15, 0.2) is 0 Å². The molecule has 100 valence electrons. The van der Waals surface area contributed by atoms with E-state index in [0.29, 0.717) is 6.10 Å². The summed E-state index contributed by atoms with van der Waals surface area (Å²) in [6, 6.07) is 0. The zero-order valence-corrected chi connectivity index (χ0v) is 11.4. The van der Waals surface area contributed by atoms with Crippen LogP contribution in [-0.4, -0.2) is 62.3 Å². The second-order valence-electron chi connectivity index (χ2n) is 5.63. The van der Waals surface area contributed by atoms with Crippen molar-refractivity contribution in [3.8, 4) is 0 Å². The molecule has 3 nitrogen and oxygen atoms in total. The highest BCUT2D eigenvalue weighted by Crippen LogP contribution is 2.20. The van der Waals surface area contributed by atoms with Crippen LogP contribution in [-0.2, 0) is 4.74 Å². The monoisotopic (exact) mass is 240 g/mol. The Kier molecular flexibility index (Phi) is 5.75. The number of hydrogen-bond donors (Lipinski definition) is 0. The molecule has 0 N–H and O–H groups in total. The first-order valence-electron chi connectivity index (χ1n) is 7.37. The molecule has 0 amide bonds. The van der Waals surface area contributed by atoms with Crippen LogP contribution in [0.25, 0.3) is 0 Å². The van der Waals surface area contributed by atoms with E-state index >= 15 is 0 Å². The van der Waals surface area contributed by atoms with Gasteiger partial charge in [-0.2, -0.15) is 0 Å². The number of nitrogens with zero attached hydrogens (tertiary/aromatic N) is 2. The Labute approximate surface area is 106 Å². The minimum Gasteiger partial charge on any atom is -0.378 e. The number of rotatable bonds is 5. The molecule has 1 heterocycles. The molecule has 1 saturated carbocycles. The molecule has 0 aromatic carbocycles. The molecule has 1 aliphatic carbocycles.